The van der Waals surface area contributed by atoms with Crippen LogP contribution in [0.5, 0.6) is 0 Å². The van der Waals surface area contributed by atoms with E-state index in [4.69, 9.17) is 0 Å². The van der Waals surface area contributed by atoms with Crippen LogP contribution in [0.3, 0.4) is 0 Å². The van der Waals surface area contributed by atoms with Crippen molar-refractivity contribution in [2.45, 2.75) is 19.4 Å². The molecule has 2 aromatic carbocycles. The van der Waals surface area contributed by atoms with Gasteiger partial charge in [-0.2, -0.15) is 5.26 Å². The SMILES string of the molecule is CC1(C)NNC(=O)/C1=C\c1c(C#N)ccc2ccccc12. The number of nitriles is 1. The van der Waals surface area contributed by atoms with Crippen LogP contribution in [0.25, 0.3) is 16.8 Å². The lowest BCUT2D eigenvalue weighted by atomic mass is 9.91. The summed E-state index contributed by atoms with van der Waals surface area (Å²) < 4.78 is 0. The van der Waals surface area contributed by atoms with E-state index >= 15 is 0 Å². The predicted octanol–water partition coefficient (Wildman–Crippen LogP) is 2.51. The van der Waals surface area contributed by atoms with Gasteiger partial charge in [0.05, 0.1) is 17.2 Å². The number of carbonyl (C=O) groups excluding carboxylic acids is 1. The van der Waals surface area contributed by atoms with Crippen LogP contribution in [-0.2, 0) is 4.79 Å². The lowest BCUT2D eigenvalue weighted by Crippen LogP contribution is -2.38. The Hall–Kier alpha value is -2.64. The van der Waals surface area contributed by atoms with E-state index < -0.39 is 5.54 Å². The summed E-state index contributed by atoms with van der Waals surface area (Å²) in [4.78, 5) is 12.0. The van der Waals surface area contributed by atoms with Gasteiger partial charge in [0, 0.05) is 11.1 Å². The third kappa shape index (κ3) is 2.18. The van der Waals surface area contributed by atoms with Crippen molar-refractivity contribution in [3.8, 4) is 6.07 Å². The van der Waals surface area contributed by atoms with Gasteiger partial charge in [0.1, 0.15) is 0 Å². The first-order chi connectivity index (χ1) is 10.0. The highest BCUT2D eigenvalue weighted by Crippen LogP contribution is 2.28. The Kier molecular flexibility index (Phi) is 3.00. The van der Waals surface area contributed by atoms with Gasteiger partial charge < -0.3 is 0 Å². The van der Waals surface area contributed by atoms with E-state index in [1.54, 1.807) is 6.07 Å². The van der Waals surface area contributed by atoms with Crippen molar-refractivity contribution in [1.82, 2.24) is 10.9 Å². The first-order valence-electron chi connectivity index (χ1n) is 6.74. The van der Waals surface area contributed by atoms with Gasteiger partial charge >= 0.3 is 0 Å². The molecule has 1 aliphatic heterocycles. The van der Waals surface area contributed by atoms with Crippen LogP contribution in [-0.4, -0.2) is 11.4 Å². The quantitative estimate of drug-likeness (QED) is 0.787. The zero-order chi connectivity index (χ0) is 15.0. The molecular weight excluding hydrogens is 262 g/mol. The molecule has 0 aliphatic carbocycles. The van der Waals surface area contributed by atoms with Crippen molar-refractivity contribution in [2.24, 2.45) is 0 Å². The van der Waals surface area contributed by atoms with Crippen molar-refractivity contribution in [3.63, 3.8) is 0 Å². The number of nitrogens with one attached hydrogen (secondary N) is 2. The van der Waals surface area contributed by atoms with Crippen molar-refractivity contribution >= 4 is 22.8 Å². The molecule has 3 rings (SSSR count). The maximum absolute atomic E-state index is 12.0. The second-order valence-electron chi connectivity index (χ2n) is 5.62. The molecule has 4 nitrogen and oxygen atoms in total. The van der Waals surface area contributed by atoms with Crippen LogP contribution in [0.1, 0.15) is 25.0 Å². The molecule has 0 unspecified atom stereocenters. The molecule has 0 aromatic heterocycles. The lowest BCUT2D eigenvalue weighted by Gasteiger charge is -2.17. The van der Waals surface area contributed by atoms with Crippen LogP contribution in [0.15, 0.2) is 42.0 Å². The number of amides is 1. The van der Waals surface area contributed by atoms with Gasteiger partial charge in [-0.25, -0.2) is 5.43 Å². The molecule has 1 aliphatic rings. The third-order valence-corrected chi connectivity index (χ3v) is 3.79. The second kappa shape index (κ2) is 4.72. The zero-order valence-electron chi connectivity index (χ0n) is 11.9. The molecule has 0 spiro atoms. The number of hydrogen-bond donors (Lipinski definition) is 2. The van der Waals surface area contributed by atoms with Gasteiger partial charge in [0.25, 0.3) is 5.91 Å². The maximum Gasteiger partial charge on any atom is 0.263 e. The van der Waals surface area contributed by atoms with Crippen LogP contribution in [0.2, 0.25) is 0 Å². The molecule has 2 aromatic rings. The molecule has 0 atom stereocenters. The minimum Gasteiger partial charge on any atom is -0.287 e. The molecular formula is C17H15N3O. The largest absolute Gasteiger partial charge is 0.287 e. The number of fused-ring (bicyclic) bond motifs is 1. The highest BCUT2D eigenvalue weighted by molar-refractivity contribution is 6.04. The summed E-state index contributed by atoms with van der Waals surface area (Å²) in [6.45, 7) is 3.85. The average Bonchev–Trinajstić information content (AvgIpc) is 2.74. The van der Waals surface area contributed by atoms with Gasteiger partial charge in [-0.05, 0) is 36.8 Å². The van der Waals surface area contributed by atoms with E-state index in [0.29, 0.717) is 11.1 Å². The minimum absolute atomic E-state index is 0.156. The third-order valence-electron chi connectivity index (χ3n) is 3.79. The number of nitrogens with zero attached hydrogens (tertiary/aromatic N) is 1. The summed E-state index contributed by atoms with van der Waals surface area (Å²) in [5.74, 6) is -0.156. The van der Waals surface area contributed by atoms with E-state index in [2.05, 4.69) is 16.9 Å². The Balaban J connectivity index is 2.30. The molecule has 1 amide bonds. The zero-order valence-corrected chi connectivity index (χ0v) is 11.9. The Morgan fingerprint density at radius 2 is 1.95 bits per heavy atom. The number of benzene rings is 2. The smallest absolute Gasteiger partial charge is 0.263 e. The standard InChI is InChI=1S/C17H15N3O/c1-17(2)15(16(21)19-20-17)9-14-12(10-18)8-7-11-5-3-4-6-13(11)14/h3-9,20H,1-2H3,(H,19,21)/b15-9+. The molecule has 21 heavy (non-hydrogen) atoms. The number of rotatable bonds is 1. The summed E-state index contributed by atoms with van der Waals surface area (Å²) >= 11 is 0. The molecule has 2 N–H and O–H groups in total. The van der Waals surface area contributed by atoms with E-state index in [-0.39, 0.29) is 5.91 Å². The fraction of sp³-hybridized carbons (Fsp3) is 0.176. The number of carbonyl (C=O) groups is 1. The lowest BCUT2D eigenvalue weighted by molar-refractivity contribution is -0.116. The summed E-state index contributed by atoms with van der Waals surface area (Å²) in [5.41, 5.74) is 7.08. The topological polar surface area (TPSA) is 64.9 Å². The van der Waals surface area contributed by atoms with Crippen LogP contribution in [0, 0.1) is 11.3 Å². The first-order valence-corrected chi connectivity index (χ1v) is 6.74. The van der Waals surface area contributed by atoms with Crippen LogP contribution < -0.4 is 10.9 Å². The molecule has 0 saturated carbocycles. The molecule has 1 saturated heterocycles. The average molecular weight is 277 g/mol. The Morgan fingerprint density at radius 3 is 2.62 bits per heavy atom. The van der Waals surface area contributed by atoms with Gasteiger partial charge in [0.15, 0.2) is 0 Å². The Morgan fingerprint density at radius 1 is 1.19 bits per heavy atom. The second-order valence-corrected chi connectivity index (χ2v) is 5.62. The van der Waals surface area contributed by atoms with Gasteiger partial charge in [-0.15, -0.1) is 0 Å². The van der Waals surface area contributed by atoms with E-state index in [9.17, 15) is 10.1 Å². The highest BCUT2D eigenvalue weighted by atomic mass is 16.2. The Bertz CT molecular complexity index is 812. The fourth-order valence-electron chi connectivity index (χ4n) is 2.57. The van der Waals surface area contributed by atoms with E-state index in [1.165, 1.54) is 0 Å². The summed E-state index contributed by atoms with van der Waals surface area (Å²) in [7, 11) is 0. The van der Waals surface area contributed by atoms with Gasteiger partial charge in [0.2, 0.25) is 0 Å². The molecule has 104 valence electrons. The molecule has 0 bridgehead atoms. The highest BCUT2D eigenvalue weighted by Gasteiger charge is 2.35. The molecule has 1 fully saturated rings. The summed E-state index contributed by atoms with van der Waals surface area (Å²) in [5, 5.41) is 11.4. The predicted molar refractivity (Wildman–Crippen MR) is 82.0 cm³/mol. The van der Waals surface area contributed by atoms with Crippen molar-refractivity contribution in [1.29, 1.82) is 5.26 Å². The number of hydrazine groups is 1. The van der Waals surface area contributed by atoms with E-state index in [1.807, 2.05) is 50.3 Å². The van der Waals surface area contributed by atoms with Crippen molar-refractivity contribution in [3.05, 3.63) is 53.1 Å². The normalized spacial score (nSPS) is 18.7. The van der Waals surface area contributed by atoms with Gasteiger partial charge in [-0.3, -0.25) is 10.2 Å². The first kappa shape index (κ1) is 13.3. The summed E-state index contributed by atoms with van der Waals surface area (Å²) in [6.07, 6.45) is 1.82. The molecule has 0 radical (unpaired) electrons. The minimum atomic E-state index is -0.471. The Labute approximate surface area is 123 Å². The fourth-order valence-corrected chi connectivity index (χ4v) is 2.57. The molecule has 4 heteroatoms. The maximum atomic E-state index is 12.0. The van der Waals surface area contributed by atoms with Crippen LogP contribution >= 0.6 is 0 Å². The summed E-state index contributed by atoms with van der Waals surface area (Å²) in [6, 6.07) is 13.8. The van der Waals surface area contributed by atoms with Crippen LogP contribution in [0.4, 0.5) is 0 Å². The number of hydrogen-bond acceptors (Lipinski definition) is 3. The molecule has 1 heterocycles. The van der Waals surface area contributed by atoms with Gasteiger partial charge in [-0.1, -0.05) is 30.3 Å². The monoisotopic (exact) mass is 277 g/mol. The van der Waals surface area contributed by atoms with E-state index in [0.717, 1.165) is 16.3 Å². The van der Waals surface area contributed by atoms with Crippen molar-refractivity contribution < 1.29 is 4.79 Å². The van der Waals surface area contributed by atoms with Crippen molar-refractivity contribution in [2.75, 3.05) is 0 Å².